The molecule has 0 saturated heterocycles. The molecule has 3 aromatic rings. The molecule has 0 aliphatic heterocycles. The summed E-state index contributed by atoms with van der Waals surface area (Å²) in [6.45, 7) is 4.52. The van der Waals surface area contributed by atoms with Gasteiger partial charge in [0.15, 0.2) is 0 Å². The smallest absolute Gasteiger partial charge is 0.385 e. The summed E-state index contributed by atoms with van der Waals surface area (Å²) in [5.41, 5.74) is 2.26. The monoisotopic (exact) mass is 478 g/mol. The molecule has 2 aromatic carbocycles. The Bertz CT molecular complexity index is 1030. The van der Waals surface area contributed by atoms with Crippen LogP contribution in [-0.4, -0.2) is 31.9 Å². The Balaban J connectivity index is 1.81. The molecule has 1 N–H and O–H groups in total. The Morgan fingerprint density at radius 3 is 2.22 bits per heavy atom. The molecule has 3 rings (SSSR count). The van der Waals surface area contributed by atoms with Crippen LogP contribution >= 0.6 is 19.2 Å². The number of oxazole rings is 1. The molecule has 0 aliphatic rings. The first kappa shape index (κ1) is 24.3. The van der Waals surface area contributed by atoms with Gasteiger partial charge in [0.1, 0.15) is 5.75 Å². The van der Waals surface area contributed by atoms with Gasteiger partial charge in [0.25, 0.3) is 0 Å². The van der Waals surface area contributed by atoms with Crippen LogP contribution in [-0.2, 0) is 26.5 Å². The predicted octanol–water partition coefficient (Wildman–Crippen LogP) is 5.47. The van der Waals surface area contributed by atoms with Crippen LogP contribution in [0.4, 0.5) is 5.88 Å². The van der Waals surface area contributed by atoms with Crippen LogP contribution < -0.4 is 15.5 Å². The molecule has 0 spiro atoms. The molecule has 0 bridgehead atoms. The van der Waals surface area contributed by atoms with Crippen molar-refractivity contribution in [3.63, 3.8) is 0 Å². The summed E-state index contributed by atoms with van der Waals surface area (Å²) in [5, 5.41) is 3.87. The second-order valence-electron chi connectivity index (χ2n) is 6.92. The fourth-order valence-electron chi connectivity index (χ4n) is 3.12. The van der Waals surface area contributed by atoms with Gasteiger partial charge in [-0.05, 0) is 55.7 Å². The Morgan fingerprint density at radius 2 is 1.62 bits per heavy atom. The minimum absolute atomic E-state index is 0.167. The van der Waals surface area contributed by atoms with Crippen LogP contribution in [0.5, 0.6) is 5.75 Å². The van der Waals surface area contributed by atoms with E-state index < -0.39 is 7.60 Å². The first-order valence-electron chi connectivity index (χ1n) is 10.5. The van der Waals surface area contributed by atoms with E-state index in [4.69, 9.17) is 29.8 Å². The SMILES string of the molecule is CCOP(=O)(OCC)c1nc(Cc2ccc(Cl)cc2)oc1NCCc1ccc(OC)cc1. The van der Waals surface area contributed by atoms with Gasteiger partial charge in [0, 0.05) is 18.0 Å². The molecular weight excluding hydrogens is 451 g/mol. The summed E-state index contributed by atoms with van der Waals surface area (Å²) in [7, 11) is -1.99. The van der Waals surface area contributed by atoms with E-state index in [0.29, 0.717) is 29.8 Å². The Hall–Kier alpha value is -2.31. The number of benzene rings is 2. The lowest BCUT2D eigenvalue weighted by atomic mass is 10.1. The van der Waals surface area contributed by atoms with E-state index in [1.807, 2.05) is 36.4 Å². The molecule has 172 valence electrons. The van der Waals surface area contributed by atoms with E-state index in [0.717, 1.165) is 23.3 Å². The summed E-state index contributed by atoms with van der Waals surface area (Å²) in [4.78, 5) is 4.49. The van der Waals surface area contributed by atoms with Crippen molar-refractivity contribution in [2.45, 2.75) is 26.7 Å². The molecule has 0 saturated carbocycles. The second-order valence-corrected chi connectivity index (χ2v) is 9.29. The van der Waals surface area contributed by atoms with Crippen molar-refractivity contribution in [1.29, 1.82) is 0 Å². The molecule has 0 amide bonds. The highest BCUT2D eigenvalue weighted by Crippen LogP contribution is 2.48. The van der Waals surface area contributed by atoms with E-state index in [9.17, 15) is 4.57 Å². The van der Waals surface area contributed by atoms with Crippen molar-refractivity contribution >= 4 is 30.5 Å². The summed E-state index contributed by atoms with van der Waals surface area (Å²) < 4.78 is 35.6. The first-order chi connectivity index (χ1) is 15.5. The van der Waals surface area contributed by atoms with Crippen molar-refractivity contribution < 1.29 is 22.8 Å². The van der Waals surface area contributed by atoms with Gasteiger partial charge in [-0.1, -0.05) is 35.9 Å². The lowest BCUT2D eigenvalue weighted by Gasteiger charge is -2.15. The Morgan fingerprint density at radius 1 is 1.00 bits per heavy atom. The molecule has 0 aliphatic carbocycles. The number of ether oxygens (including phenoxy) is 1. The van der Waals surface area contributed by atoms with Crippen molar-refractivity contribution in [2.24, 2.45) is 0 Å². The minimum atomic E-state index is -3.63. The number of nitrogens with one attached hydrogen (secondary N) is 1. The quantitative estimate of drug-likeness (QED) is 0.345. The summed E-state index contributed by atoms with van der Waals surface area (Å²) in [6.07, 6.45) is 1.15. The van der Waals surface area contributed by atoms with E-state index in [-0.39, 0.29) is 18.6 Å². The molecule has 0 radical (unpaired) electrons. The predicted molar refractivity (Wildman–Crippen MR) is 126 cm³/mol. The number of rotatable bonds is 12. The van der Waals surface area contributed by atoms with Gasteiger partial charge in [-0.3, -0.25) is 4.57 Å². The van der Waals surface area contributed by atoms with E-state index in [1.165, 1.54) is 0 Å². The van der Waals surface area contributed by atoms with Crippen molar-refractivity contribution in [2.75, 3.05) is 32.2 Å². The van der Waals surface area contributed by atoms with E-state index >= 15 is 0 Å². The highest BCUT2D eigenvalue weighted by Gasteiger charge is 2.35. The normalized spacial score (nSPS) is 11.5. The topological polar surface area (TPSA) is 82.8 Å². The first-order valence-corrected chi connectivity index (χ1v) is 12.4. The van der Waals surface area contributed by atoms with Crippen molar-refractivity contribution in [3.05, 3.63) is 70.6 Å². The van der Waals surface area contributed by atoms with Gasteiger partial charge < -0.3 is 23.5 Å². The molecule has 0 unspecified atom stereocenters. The van der Waals surface area contributed by atoms with Crippen LogP contribution in [0.3, 0.4) is 0 Å². The molecule has 32 heavy (non-hydrogen) atoms. The number of halogens is 1. The fraction of sp³-hybridized carbons (Fsp3) is 0.348. The minimum Gasteiger partial charge on any atom is -0.497 e. The fourth-order valence-corrected chi connectivity index (χ4v) is 4.85. The van der Waals surface area contributed by atoms with Gasteiger partial charge >= 0.3 is 7.60 Å². The molecule has 1 heterocycles. The lowest BCUT2D eigenvalue weighted by Crippen LogP contribution is -2.18. The highest BCUT2D eigenvalue weighted by atomic mass is 35.5. The summed E-state index contributed by atoms with van der Waals surface area (Å²) in [5.74, 6) is 1.52. The second kappa shape index (κ2) is 11.5. The number of nitrogens with zero attached hydrogens (tertiary/aromatic N) is 1. The molecular formula is C23H28ClN2O5P. The number of anilines is 1. The standard InChI is InChI=1S/C23H28ClN2O5P/c1-4-29-32(27,30-5-2)23-22(25-15-14-17-8-12-20(28-3)13-9-17)31-21(26-23)16-18-6-10-19(24)11-7-18/h6-13,25H,4-5,14-16H2,1-3H3. The number of aromatic nitrogens is 1. The third-order valence-corrected chi connectivity index (χ3v) is 6.91. The largest absolute Gasteiger partial charge is 0.497 e. The van der Waals surface area contributed by atoms with Crippen LogP contribution in [0.1, 0.15) is 30.9 Å². The van der Waals surface area contributed by atoms with E-state index in [1.54, 1.807) is 33.1 Å². The van der Waals surface area contributed by atoms with Gasteiger partial charge in [-0.25, -0.2) is 4.98 Å². The molecule has 7 nitrogen and oxygen atoms in total. The molecule has 1 aromatic heterocycles. The average Bonchev–Trinajstić information content (AvgIpc) is 3.19. The van der Waals surface area contributed by atoms with Gasteiger partial charge in [0.2, 0.25) is 17.2 Å². The number of methoxy groups -OCH3 is 1. The van der Waals surface area contributed by atoms with Crippen LogP contribution in [0, 0.1) is 0 Å². The Labute approximate surface area is 193 Å². The third kappa shape index (κ3) is 6.36. The van der Waals surface area contributed by atoms with E-state index in [2.05, 4.69) is 10.3 Å². The van der Waals surface area contributed by atoms with Gasteiger partial charge in [-0.15, -0.1) is 0 Å². The number of hydrogen-bond donors (Lipinski definition) is 1. The zero-order chi connectivity index (χ0) is 23.0. The zero-order valence-corrected chi connectivity index (χ0v) is 20.1. The number of hydrogen-bond acceptors (Lipinski definition) is 7. The van der Waals surface area contributed by atoms with Crippen molar-refractivity contribution in [1.82, 2.24) is 4.98 Å². The lowest BCUT2D eigenvalue weighted by molar-refractivity contribution is 0.229. The van der Waals surface area contributed by atoms with Crippen molar-refractivity contribution in [3.8, 4) is 5.75 Å². The maximum absolute atomic E-state index is 13.4. The van der Waals surface area contributed by atoms with Crippen LogP contribution in [0.15, 0.2) is 52.9 Å². The van der Waals surface area contributed by atoms with Crippen LogP contribution in [0.25, 0.3) is 0 Å². The average molecular weight is 479 g/mol. The molecule has 0 atom stereocenters. The highest BCUT2D eigenvalue weighted by molar-refractivity contribution is 7.62. The maximum Gasteiger partial charge on any atom is 0.385 e. The summed E-state index contributed by atoms with van der Waals surface area (Å²) >= 11 is 5.97. The zero-order valence-electron chi connectivity index (χ0n) is 18.5. The summed E-state index contributed by atoms with van der Waals surface area (Å²) in [6, 6.07) is 15.2. The van der Waals surface area contributed by atoms with Gasteiger partial charge in [-0.2, -0.15) is 0 Å². The molecule has 9 heteroatoms. The third-order valence-electron chi connectivity index (χ3n) is 4.64. The Kier molecular flexibility index (Phi) is 8.76. The van der Waals surface area contributed by atoms with Gasteiger partial charge in [0.05, 0.1) is 20.3 Å². The molecule has 0 fully saturated rings. The van der Waals surface area contributed by atoms with Crippen LogP contribution in [0.2, 0.25) is 5.02 Å². The maximum atomic E-state index is 13.4.